The number of nitrogens with zero attached hydrogens (tertiary/aromatic N) is 2. The molecular weight excluding hydrogens is 270 g/mol. The van der Waals surface area contributed by atoms with Gasteiger partial charge in [-0.2, -0.15) is 4.98 Å². The van der Waals surface area contributed by atoms with E-state index in [9.17, 15) is 4.79 Å². The van der Waals surface area contributed by atoms with Gasteiger partial charge in [0.2, 0.25) is 11.7 Å². The van der Waals surface area contributed by atoms with Crippen LogP contribution < -0.4 is 5.32 Å². The maximum absolute atomic E-state index is 11.5. The van der Waals surface area contributed by atoms with Gasteiger partial charge in [0.1, 0.15) is 5.60 Å². The molecule has 2 aromatic rings. The van der Waals surface area contributed by atoms with E-state index in [0.29, 0.717) is 24.7 Å². The average molecular weight is 289 g/mol. The van der Waals surface area contributed by atoms with Crippen molar-refractivity contribution in [2.45, 2.75) is 32.8 Å². The molecular formula is C15H19N3O3. The highest BCUT2D eigenvalue weighted by atomic mass is 16.6. The number of hydrogen-bond donors (Lipinski definition) is 1. The number of nitrogens with one attached hydrogen (secondary N) is 1. The number of amides is 1. The highest BCUT2D eigenvalue weighted by Gasteiger charge is 2.16. The maximum Gasteiger partial charge on any atom is 0.407 e. The van der Waals surface area contributed by atoms with Crippen LogP contribution in [0.15, 0.2) is 34.9 Å². The van der Waals surface area contributed by atoms with E-state index in [1.807, 2.05) is 51.1 Å². The van der Waals surface area contributed by atoms with Gasteiger partial charge in [0, 0.05) is 18.5 Å². The van der Waals surface area contributed by atoms with Crippen LogP contribution in [0.1, 0.15) is 26.7 Å². The zero-order valence-electron chi connectivity index (χ0n) is 12.4. The summed E-state index contributed by atoms with van der Waals surface area (Å²) in [5.41, 5.74) is 0.391. The van der Waals surface area contributed by atoms with Crippen LogP contribution >= 0.6 is 0 Å². The monoisotopic (exact) mass is 289 g/mol. The Morgan fingerprint density at radius 2 is 2.00 bits per heavy atom. The Morgan fingerprint density at radius 1 is 1.29 bits per heavy atom. The zero-order valence-corrected chi connectivity index (χ0v) is 12.4. The van der Waals surface area contributed by atoms with Gasteiger partial charge in [-0.15, -0.1) is 0 Å². The summed E-state index contributed by atoms with van der Waals surface area (Å²) in [6, 6.07) is 9.57. The van der Waals surface area contributed by atoms with E-state index in [0.717, 1.165) is 5.56 Å². The molecule has 112 valence electrons. The average Bonchev–Trinajstić information content (AvgIpc) is 2.86. The Bertz CT molecular complexity index is 588. The predicted molar refractivity (Wildman–Crippen MR) is 77.7 cm³/mol. The molecule has 0 saturated carbocycles. The molecule has 0 radical (unpaired) electrons. The first kappa shape index (κ1) is 15.0. The van der Waals surface area contributed by atoms with E-state index >= 15 is 0 Å². The number of hydrogen-bond acceptors (Lipinski definition) is 5. The Labute approximate surface area is 123 Å². The van der Waals surface area contributed by atoms with Crippen molar-refractivity contribution in [1.82, 2.24) is 15.5 Å². The van der Waals surface area contributed by atoms with Crippen LogP contribution in [0.3, 0.4) is 0 Å². The Kier molecular flexibility index (Phi) is 4.57. The number of alkyl carbamates (subject to hydrolysis) is 1. The molecule has 1 N–H and O–H groups in total. The lowest BCUT2D eigenvalue weighted by atomic mass is 10.2. The number of carbonyl (C=O) groups excluding carboxylic acids is 1. The summed E-state index contributed by atoms with van der Waals surface area (Å²) in [4.78, 5) is 15.8. The van der Waals surface area contributed by atoms with Crippen molar-refractivity contribution < 1.29 is 14.1 Å². The van der Waals surface area contributed by atoms with Gasteiger partial charge in [-0.25, -0.2) is 4.79 Å². The van der Waals surface area contributed by atoms with Crippen molar-refractivity contribution >= 4 is 6.09 Å². The Balaban J connectivity index is 1.83. The molecule has 2 rings (SSSR count). The number of benzene rings is 1. The van der Waals surface area contributed by atoms with Crippen molar-refractivity contribution in [2.75, 3.05) is 6.54 Å². The summed E-state index contributed by atoms with van der Waals surface area (Å²) in [5, 5.41) is 6.56. The number of carbonyl (C=O) groups is 1. The standard InChI is InChI=1S/C15H19N3O3/c1-15(2,3)20-14(19)16-10-9-12-17-13(18-21-12)11-7-5-4-6-8-11/h4-8H,9-10H2,1-3H3,(H,16,19). The van der Waals surface area contributed by atoms with Gasteiger partial charge in [-0.1, -0.05) is 35.5 Å². The lowest BCUT2D eigenvalue weighted by Crippen LogP contribution is -2.33. The fourth-order valence-corrected chi connectivity index (χ4v) is 1.65. The van der Waals surface area contributed by atoms with Crippen molar-refractivity contribution in [1.29, 1.82) is 0 Å². The third-order valence-electron chi connectivity index (χ3n) is 2.51. The molecule has 0 aliphatic rings. The smallest absolute Gasteiger partial charge is 0.407 e. The molecule has 0 saturated heterocycles. The fourth-order valence-electron chi connectivity index (χ4n) is 1.65. The van der Waals surface area contributed by atoms with Gasteiger partial charge in [0.25, 0.3) is 0 Å². The van der Waals surface area contributed by atoms with Crippen molar-refractivity contribution in [3.8, 4) is 11.4 Å². The summed E-state index contributed by atoms with van der Waals surface area (Å²) in [6.07, 6.45) is 0.00399. The van der Waals surface area contributed by atoms with E-state index in [4.69, 9.17) is 9.26 Å². The minimum absolute atomic E-state index is 0.380. The normalized spacial score (nSPS) is 11.2. The van der Waals surface area contributed by atoms with Crippen LogP contribution in [-0.4, -0.2) is 28.4 Å². The van der Waals surface area contributed by atoms with Crippen molar-refractivity contribution in [2.24, 2.45) is 0 Å². The summed E-state index contributed by atoms with van der Waals surface area (Å²) >= 11 is 0. The molecule has 0 atom stereocenters. The van der Waals surface area contributed by atoms with Gasteiger partial charge in [-0.05, 0) is 20.8 Å². The van der Waals surface area contributed by atoms with Crippen LogP contribution in [0.2, 0.25) is 0 Å². The number of ether oxygens (including phenoxy) is 1. The zero-order chi connectivity index (χ0) is 15.3. The van der Waals surface area contributed by atoms with E-state index < -0.39 is 11.7 Å². The largest absolute Gasteiger partial charge is 0.444 e. The van der Waals surface area contributed by atoms with Crippen LogP contribution in [0.25, 0.3) is 11.4 Å². The van der Waals surface area contributed by atoms with Crippen molar-refractivity contribution in [3.05, 3.63) is 36.2 Å². The quantitative estimate of drug-likeness (QED) is 0.936. The molecule has 6 heteroatoms. The van der Waals surface area contributed by atoms with Gasteiger partial charge in [0.05, 0.1) is 0 Å². The van der Waals surface area contributed by atoms with Crippen LogP contribution in [0.5, 0.6) is 0 Å². The fraction of sp³-hybridized carbons (Fsp3) is 0.400. The highest BCUT2D eigenvalue weighted by Crippen LogP contribution is 2.14. The van der Waals surface area contributed by atoms with Crippen molar-refractivity contribution in [3.63, 3.8) is 0 Å². The van der Waals surface area contributed by atoms with Crippen LogP contribution in [0, 0.1) is 0 Å². The van der Waals surface area contributed by atoms with E-state index in [1.54, 1.807) is 0 Å². The molecule has 0 fully saturated rings. The Hall–Kier alpha value is -2.37. The van der Waals surface area contributed by atoms with Gasteiger partial charge < -0.3 is 14.6 Å². The molecule has 0 aliphatic carbocycles. The van der Waals surface area contributed by atoms with Gasteiger partial charge in [0.15, 0.2) is 0 Å². The third kappa shape index (κ3) is 4.91. The number of aromatic nitrogens is 2. The van der Waals surface area contributed by atoms with E-state index in [2.05, 4.69) is 15.5 Å². The second-order valence-corrected chi connectivity index (χ2v) is 5.56. The molecule has 0 bridgehead atoms. The number of rotatable bonds is 4. The van der Waals surface area contributed by atoms with E-state index in [-0.39, 0.29) is 0 Å². The van der Waals surface area contributed by atoms with Gasteiger partial charge >= 0.3 is 6.09 Å². The summed E-state index contributed by atoms with van der Waals surface area (Å²) in [6.45, 7) is 5.83. The first-order valence-electron chi connectivity index (χ1n) is 6.79. The molecule has 6 nitrogen and oxygen atoms in total. The summed E-state index contributed by atoms with van der Waals surface area (Å²) in [7, 11) is 0. The first-order chi connectivity index (χ1) is 9.94. The minimum Gasteiger partial charge on any atom is -0.444 e. The molecule has 0 spiro atoms. The first-order valence-corrected chi connectivity index (χ1v) is 6.79. The molecule has 1 aromatic heterocycles. The van der Waals surface area contributed by atoms with E-state index in [1.165, 1.54) is 0 Å². The minimum atomic E-state index is -0.505. The second-order valence-electron chi connectivity index (χ2n) is 5.56. The SMILES string of the molecule is CC(C)(C)OC(=O)NCCc1nc(-c2ccccc2)no1. The molecule has 1 amide bonds. The summed E-state index contributed by atoms with van der Waals surface area (Å²) < 4.78 is 10.3. The molecule has 0 aliphatic heterocycles. The highest BCUT2D eigenvalue weighted by molar-refractivity contribution is 5.67. The molecule has 1 heterocycles. The molecule has 1 aromatic carbocycles. The molecule has 21 heavy (non-hydrogen) atoms. The van der Waals surface area contributed by atoms with Gasteiger partial charge in [-0.3, -0.25) is 0 Å². The predicted octanol–water partition coefficient (Wildman–Crippen LogP) is 2.80. The molecule has 0 unspecified atom stereocenters. The lowest BCUT2D eigenvalue weighted by Gasteiger charge is -2.19. The Morgan fingerprint density at radius 3 is 2.67 bits per heavy atom. The second kappa shape index (κ2) is 6.39. The topological polar surface area (TPSA) is 77.2 Å². The third-order valence-corrected chi connectivity index (χ3v) is 2.51. The van der Waals surface area contributed by atoms with Crippen LogP contribution in [-0.2, 0) is 11.2 Å². The van der Waals surface area contributed by atoms with Crippen LogP contribution in [0.4, 0.5) is 4.79 Å². The maximum atomic E-state index is 11.5. The lowest BCUT2D eigenvalue weighted by molar-refractivity contribution is 0.0527. The summed E-state index contributed by atoms with van der Waals surface area (Å²) in [5.74, 6) is 1.02.